The Hall–Kier alpha value is -2.11. The van der Waals surface area contributed by atoms with Gasteiger partial charge in [0.15, 0.2) is 9.84 Å². The van der Waals surface area contributed by atoms with Gasteiger partial charge in [0.25, 0.3) is 0 Å². The third kappa shape index (κ3) is 4.44. The van der Waals surface area contributed by atoms with E-state index in [2.05, 4.69) is 0 Å². The number of hydrogen-bond acceptors (Lipinski definition) is 4. The number of halogens is 6. The van der Waals surface area contributed by atoms with Crippen LogP contribution in [0.1, 0.15) is 47.8 Å². The van der Waals surface area contributed by atoms with Gasteiger partial charge in [0.05, 0.1) is 16.0 Å². The largest absolute Gasteiger partial charge is 0.416 e. The van der Waals surface area contributed by atoms with Gasteiger partial charge in [-0.1, -0.05) is 25.1 Å². The fraction of sp³-hybridized carbons (Fsp3) is 0.400. The van der Waals surface area contributed by atoms with Crippen molar-refractivity contribution < 1.29 is 44.6 Å². The van der Waals surface area contributed by atoms with Crippen molar-refractivity contribution in [2.45, 2.75) is 48.1 Å². The number of aliphatic hydroxyl groups is 1. The summed E-state index contributed by atoms with van der Waals surface area (Å²) in [7, 11) is -4.31. The van der Waals surface area contributed by atoms with Crippen LogP contribution in [0.25, 0.3) is 0 Å². The normalized spacial score (nSPS) is 21.7. The van der Waals surface area contributed by atoms with E-state index in [1.54, 1.807) is 6.92 Å². The van der Waals surface area contributed by atoms with Gasteiger partial charge in [-0.15, -0.1) is 0 Å². The van der Waals surface area contributed by atoms with Crippen molar-refractivity contribution in [2.24, 2.45) is 0 Å². The molecule has 1 aliphatic rings. The summed E-state index contributed by atoms with van der Waals surface area (Å²) in [6, 6.07) is 6.24. The molecule has 1 aliphatic heterocycles. The van der Waals surface area contributed by atoms with Gasteiger partial charge in [-0.3, -0.25) is 0 Å². The summed E-state index contributed by atoms with van der Waals surface area (Å²) in [5.74, 6) is 0. The van der Waals surface area contributed by atoms with E-state index in [1.807, 2.05) is 0 Å². The first-order valence-corrected chi connectivity index (χ1v) is 10.7. The van der Waals surface area contributed by atoms with Gasteiger partial charge in [-0.2, -0.15) is 26.3 Å². The molecule has 0 amide bonds. The lowest BCUT2D eigenvalue weighted by atomic mass is 9.95. The molecule has 0 fully saturated rings. The molecular weight excluding hydrogens is 450 g/mol. The fourth-order valence-electron chi connectivity index (χ4n) is 3.57. The van der Waals surface area contributed by atoms with E-state index >= 15 is 0 Å². The molecule has 3 unspecified atom stereocenters. The first-order chi connectivity index (χ1) is 14.3. The Labute approximate surface area is 174 Å². The zero-order valence-corrected chi connectivity index (χ0v) is 16.9. The predicted molar refractivity (Wildman–Crippen MR) is 97.8 cm³/mol. The first kappa shape index (κ1) is 23.6. The Morgan fingerprint density at radius 1 is 1.00 bits per heavy atom. The van der Waals surface area contributed by atoms with Gasteiger partial charge < -0.3 is 9.84 Å². The molecule has 0 saturated heterocycles. The standard InChI is InChI=1S/C20H18F6O4S/c1-2-7-30-17(18-16(27)14-5-3-4-6-15(14)31(18,28)29)11-8-12(19(21,22)23)10-13(9-11)20(24,25)26/h3-6,8-10,16-18,27H,2,7H2,1H3. The molecule has 4 nitrogen and oxygen atoms in total. The number of alkyl halides is 6. The Kier molecular flexibility index (Phi) is 6.16. The minimum atomic E-state index is -5.11. The highest BCUT2D eigenvalue weighted by Gasteiger charge is 2.50. The van der Waals surface area contributed by atoms with Gasteiger partial charge >= 0.3 is 12.4 Å². The molecule has 11 heteroatoms. The second kappa shape index (κ2) is 8.10. The van der Waals surface area contributed by atoms with Gasteiger partial charge in [-0.25, -0.2) is 8.42 Å². The van der Waals surface area contributed by atoms with Crippen molar-refractivity contribution in [1.29, 1.82) is 0 Å². The minimum absolute atomic E-state index is 0.0145. The molecule has 0 bridgehead atoms. The SMILES string of the molecule is CCCOC(c1cc(C(F)(F)F)cc(C(F)(F)F)c1)C1C(O)c2ccccc2S1(=O)=O. The van der Waals surface area contributed by atoms with E-state index in [0.29, 0.717) is 18.6 Å². The van der Waals surface area contributed by atoms with Crippen molar-refractivity contribution in [1.82, 2.24) is 0 Å². The summed E-state index contributed by atoms with van der Waals surface area (Å²) in [6.07, 6.45) is -13.3. The monoisotopic (exact) mass is 468 g/mol. The molecule has 2 aromatic rings. The molecule has 0 aliphatic carbocycles. The van der Waals surface area contributed by atoms with E-state index in [9.17, 15) is 39.9 Å². The lowest BCUT2D eigenvalue weighted by Gasteiger charge is -2.27. The third-order valence-corrected chi connectivity index (χ3v) is 7.16. The van der Waals surface area contributed by atoms with Crippen LogP contribution in [0.2, 0.25) is 0 Å². The van der Waals surface area contributed by atoms with Crippen LogP contribution >= 0.6 is 0 Å². The molecule has 0 radical (unpaired) electrons. The van der Waals surface area contributed by atoms with Crippen LogP contribution in [0.3, 0.4) is 0 Å². The Balaban J connectivity index is 2.21. The summed E-state index contributed by atoms with van der Waals surface area (Å²) < 4.78 is 111. The van der Waals surface area contributed by atoms with E-state index in [0.717, 1.165) is 0 Å². The summed E-state index contributed by atoms with van der Waals surface area (Å²) in [4.78, 5) is -0.236. The van der Waals surface area contributed by atoms with Gasteiger partial charge in [-0.05, 0) is 36.2 Å². The van der Waals surface area contributed by atoms with Crippen LogP contribution in [0.15, 0.2) is 47.4 Å². The van der Waals surface area contributed by atoms with Crippen molar-refractivity contribution in [3.63, 3.8) is 0 Å². The number of benzene rings is 2. The smallest absolute Gasteiger partial charge is 0.387 e. The molecule has 1 N–H and O–H groups in total. The molecule has 3 rings (SSSR count). The lowest BCUT2D eigenvalue weighted by molar-refractivity contribution is -0.143. The van der Waals surface area contributed by atoms with Crippen molar-refractivity contribution in [2.75, 3.05) is 6.61 Å². The van der Waals surface area contributed by atoms with Crippen LogP contribution in [0.4, 0.5) is 26.3 Å². The number of sulfone groups is 1. The second-order valence-electron chi connectivity index (χ2n) is 7.12. The van der Waals surface area contributed by atoms with Crippen molar-refractivity contribution in [3.8, 4) is 0 Å². The zero-order chi connectivity index (χ0) is 23.2. The predicted octanol–water partition coefficient (Wildman–Crippen LogP) is 5.08. The number of rotatable bonds is 5. The maximum atomic E-state index is 13.3. The number of ether oxygens (including phenoxy) is 1. The fourth-order valence-corrected chi connectivity index (χ4v) is 5.70. The van der Waals surface area contributed by atoms with Crippen molar-refractivity contribution in [3.05, 3.63) is 64.7 Å². The van der Waals surface area contributed by atoms with Crippen LogP contribution < -0.4 is 0 Å². The maximum Gasteiger partial charge on any atom is 0.416 e. The maximum absolute atomic E-state index is 13.3. The molecule has 1 heterocycles. The highest BCUT2D eigenvalue weighted by atomic mass is 32.2. The molecule has 2 aromatic carbocycles. The molecule has 3 atom stereocenters. The number of aliphatic hydroxyl groups excluding tert-OH is 1. The average molecular weight is 468 g/mol. The molecule has 31 heavy (non-hydrogen) atoms. The Bertz CT molecular complexity index is 1030. The summed E-state index contributed by atoms with van der Waals surface area (Å²) in [5, 5.41) is 8.86. The van der Waals surface area contributed by atoms with E-state index in [1.165, 1.54) is 24.3 Å². The third-order valence-electron chi connectivity index (χ3n) is 4.95. The quantitative estimate of drug-likeness (QED) is 0.622. The van der Waals surface area contributed by atoms with Gasteiger partial charge in [0.2, 0.25) is 0 Å². The average Bonchev–Trinajstić information content (AvgIpc) is 2.88. The van der Waals surface area contributed by atoms with Crippen molar-refractivity contribution >= 4 is 9.84 Å². The topological polar surface area (TPSA) is 63.6 Å². The first-order valence-electron chi connectivity index (χ1n) is 9.20. The molecule has 170 valence electrons. The van der Waals surface area contributed by atoms with Gasteiger partial charge in [0, 0.05) is 12.2 Å². The van der Waals surface area contributed by atoms with E-state index < -0.39 is 56.3 Å². The Morgan fingerprint density at radius 2 is 1.55 bits per heavy atom. The zero-order valence-electron chi connectivity index (χ0n) is 16.0. The molecule has 0 saturated carbocycles. The molecular formula is C20H18F6O4S. The number of hydrogen-bond donors (Lipinski definition) is 1. The summed E-state index contributed by atoms with van der Waals surface area (Å²) >= 11 is 0. The van der Waals surface area contributed by atoms with E-state index in [-0.39, 0.29) is 23.1 Å². The highest BCUT2D eigenvalue weighted by molar-refractivity contribution is 7.92. The second-order valence-corrected chi connectivity index (χ2v) is 9.20. The lowest BCUT2D eigenvalue weighted by Crippen LogP contribution is -2.31. The highest BCUT2D eigenvalue weighted by Crippen LogP contribution is 2.47. The molecule has 0 aromatic heterocycles. The Morgan fingerprint density at radius 3 is 2.03 bits per heavy atom. The minimum Gasteiger partial charge on any atom is -0.387 e. The van der Waals surface area contributed by atoms with E-state index in [4.69, 9.17) is 4.74 Å². The molecule has 0 spiro atoms. The van der Waals surface area contributed by atoms with Gasteiger partial charge in [0.1, 0.15) is 17.5 Å². The van der Waals surface area contributed by atoms with Crippen LogP contribution in [0, 0.1) is 0 Å². The van der Waals surface area contributed by atoms with Crippen LogP contribution in [-0.2, 0) is 26.9 Å². The number of fused-ring (bicyclic) bond motifs is 1. The van der Waals surface area contributed by atoms with Crippen LogP contribution in [-0.4, -0.2) is 25.4 Å². The van der Waals surface area contributed by atoms with Crippen LogP contribution in [0.5, 0.6) is 0 Å². The summed E-state index contributed by atoms with van der Waals surface area (Å²) in [6.45, 7) is 1.50. The summed E-state index contributed by atoms with van der Waals surface area (Å²) in [5.41, 5.74) is -3.80.